The van der Waals surface area contributed by atoms with Gasteiger partial charge in [-0.05, 0) is 55.0 Å². The SMILES string of the molecule is O=C(CC1C=NCCC1)N1N=C(c2cc(F)ccc2F)SC12CCc1ccccc12. The quantitative estimate of drug-likeness (QED) is 0.704. The number of amides is 1. The van der Waals surface area contributed by atoms with E-state index in [2.05, 4.69) is 16.2 Å². The first-order chi connectivity index (χ1) is 14.6. The Bertz CT molecular complexity index is 1070. The number of thioether (sulfide) groups is 1. The molecule has 2 aliphatic heterocycles. The van der Waals surface area contributed by atoms with Crippen molar-refractivity contribution in [2.45, 2.75) is 37.0 Å². The van der Waals surface area contributed by atoms with Crippen molar-refractivity contribution in [3.63, 3.8) is 0 Å². The third-order valence-corrected chi connectivity index (χ3v) is 7.41. The zero-order valence-electron chi connectivity index (χ0n) is 16.4. The maximum atomic E-state index is 14.5. The van der Waals surface area contributed by atoms with Gasteiger partial charge in [0.2, 0.25) is 5.91 Å². The number of rotatable bonds is 3. The minimum atomic E-state index is -0.715. The minimum absolute atomic E-state index is 0.0927. The summed E-state index contributed by atoms with van der Waals surface area (Å²) in [6.45, 7) is 0.808. The molecule has 1 aliphatic carbocycles. The molecule has 2 atom stereocenters. The monoisotopic (exact) mass is 425 g/mol. The standard InChI is InChI=1S/C23H21F2N3OS/c24-17-7-8-20(25)18(13-17)22-27-28(21(29)12-15-4-3-11-26-14-15)23(30-22)10-9-16-5-1-2-6-19(16)23/h1-2,5-8,13-15H,3-4,9-12H2. The van der Waals surface area contributed by atoms with Crippen LogP contribution in [0, 0.1) is 17.6 Å². The fraction of sp³-hybridized carbons (Fsp3) is 0.348. The molecular formula is C23H21F2N3OS. The van der Waals surface area contributed by atoms with E-state index < -0.39 is 16.5 Å². The van der Waals surface area contributed by atoms with E-state index in [1.54, 1.807) is 0 Å². The van der Waals surface area contributed by atoms with E-state index in [-0.39, 0.29) is 17.4 Å². The van der Waals surface area contributed by atoms with Gasteiger partial charge in [0.25, 0.3) is 0 Å². The molecule has 2 aromatic carbocycles. The lowest BCUT2D eigenvalue weighted by Gasteiger charge is -2.33. The van der Waals surface area contributed by atoms with Gasteiger partial charge in [0.15, 0.2) is 0 Å². The molecule has 5 rings (SSSR count). The Morgan fingerprint density at radius 2 is 2.10 bits per heavy atom. The molecular weight excluding hydrogens is 404 g/mol. The first kappa shape index (κ1) is 19.4. The average molecular weight is 426 g/mol. The van der Waals surface area contributed by atoms with E-state index in [1.807, 2.05) is 24.4 Å². The van der Waals surface area contributed by atoms with Gasteiger partial charge in [0, 0.05) is 30.7 Å². The molecule has 154 valence electrons. The fourth-order valence-corrected chi connectivity index (χ4v) is 5.97. The fourth-order valence-electron chi connectivity index (χ4n) is 4.52. The Labute approximate surface area is 178 Å². The number of fused-ring (bicyclic) bond motifs is 2. The van der Waals surface area contributed by atoms with Gasteiger partial charge in [-0.25, -0.2) is 13.8 Å². The molecule has 0 fully saturated rings. The maximum absolute atomic E-state index is 14.5. The van der Waals surface area contributed by atoms with Gasteiger partial charge < -0.3 is 0 Å². The van der Waals surface area contributed by atoms with E-state index in [9.17, 15) is 13.6 Å². The molecule has 0 bridgehead atoms. The molecule has 0 radical (unpaired) electrons. The Morgan fingerprint density at radius 1 is 1.23 bits per heavy atom. The highest BCUT2D eigenvalue weighted by molar-refractivity contribution is 8.15. The smallest absolute Gasteiger partial charge is 0.245 e. The van der Waals surface area contributed by atoms with Crippen molar-refractivity contribution < 1.29 is 13.6 Å². The summed E-state index contributed by atoms with van der Waals surface area (Å²) >= 11 is 1.35. The van der Waals surface area contributed by atoms with Crippen LogP contribution in [0.25, 0.3) is 0 Å². The lowest BCUT2D eigenvalue weighted by atomic mass is 9.97. The lowest BCUT2D eigenvalue weighted by molar-refractivity contribution is -0.135. The number of halogens is 2. The number of carbonyl (C=O) groups excluding carboxylic acids is 1. The first-order valence-corrected chi connectivity index (χ1v) is 11.0. The second-order valence-electron chi connectivity index (χ2n) is 7.94. The Balaban J connectivity index is 1.55. The van der Waals surface area contributed by atoms with E-state index in [0.29, 0.717) is 17.9 Å². The van der Waals surface area contributed by atoms with Crippen LogP contribution in [0.1, 0.15) is 42.4 Å². The van der Waals surface area contributed by atoms with Crippen LogP contribution >= 0.6 is 11.8 Å². The summed E-state index contributed by atoms with van der Waals surface area (Å²) in [7, 11) is 0. The third-order valence-electron chi connectivity index (χ3n) is 5.98. The lowest BCUT2D eigenvalue weighted by Crippen LogP contribution is -2.40. The topological polar surface area (TPSA) is 45.0 Å². The van der Waals surface area contributed by atoms with Crippen LogP contribution < -0.4 is 0 Å². The summed E-state index contributed by atoms with van der Waals surface area (Å²) < 4.78 is 28.4. The van der Waals surface area contributed by atoms with Gasteiger partial charge in [0.05, 0.1) is 0 Å². The zero-order chi connectivity index (χ0) is 20.7. The normalized spacial score (nSPS) is 24.9. The van der Waals surface area contributed by atoms with Gasteiger partial charge in [-0.1, -0.05) is 36.0 Å². The van der Waals surface area contributed by atoms with Crippen molar-refractivity contribution in [3.05, 3.63) is 70.8 Å². The second kappa shape index (κ2) is 7.61. The number of aliphatic imine (C=N–C) groups is 1. The highest BCUT2D eigenvalue weighted by atomic mass is 32.2. The van der Waals surface area contributed by atoms with Gasteiger partial charge >= 0.3 is 0 Å². The van der Waals surface area contributed by atoms with Crippen molar-refractivity contribution in [2.75, 3.05) is 6.54 Å². The number of hydrogen-bond donors (Lipinski definition) is 0. The molecule has 0 aromatic heterocycles. The first-order valence-electron chi connectivity index (χ1n) is 10.2. The predicted octanol–water partition coefficient (Wildman–Crippen LogP) is 4.87. The van der Waals surface area contributed by atoms with Crippen LogP contribution in [0.3, 0.4) is 0 Å². The van der Waals surface area contributed by atoms with Crippen molar-refractivity contribution in [2.24, 2.45) is 16.0 Å². The molecule has 2 unspecified atom stereocenters. The van der Waals surface area contributed by atoms with Gasteiger partial charge in [-0.2, -0.15) is 5.10 Å². The third kappa shape index (κ3) is 3.25. The van der Waals surface area contributed by atoms with Gasteiger partial charge in [-0.15, -0.1) is 0 Å². The predicted molar refractivity (Wildman–Crippen MR) is 114 cm³/mol. The van der Waals surface area contributed by atoms with Crippen LogP contribution in [0.4, 0.5) is 8.78 Å². The molecule has 0 saturated carbocycles. The number of benzene rings is 2. The van der Waals surface area contributed by atoms with Crippen LogP contribution in [0.15, 0.2) is 52.6 Å². The summed E-state index contributed by atoms with van der Waals surface area (Å²) in [5, 5.41) is 6.45. The minimum Gasteiger partial charge on any atom is -0.297 e. The van der Waals surface area contributed by atoms with Crippen LogP contribution in [0.5, 0.6) is 0 Å². The maximum Gasteiger partial charge on any atom is 0.245 e. The zero-order valence-corrected chi connectivity index (χ0v) is 17.2. The summed E-state index contributed by atoms with van der Waals surface area (Å²) in [4.78, 5) is 17.0. The summed E-state index contributed by atoms with van der Waals surface area (Å²) in [5.74, 6) is -1.09. The Morgan fingerprint density at radius 3 is 2.93 bits per heavy atom. The molecule has 1 amide bonds. The molecule has 0 N–H and O–H groups in total. The van der Waals surface area contributed by atoms with Crippen molar-refractivity contribution in [1.29, 1.82) is 0 Å². The van der Waals surface area contributed by atoms with Crippen molar-refractivity contribution >= 4 is 28.9 Å². The summed E-state index contributed by atoms with van der Waals surface area (Å²) in [5.41, 5.74) is 2.28. The van der Waals surface area contributed by atoms with E-state index in [4.69, 9.17) is 0 Å². The number of carbonyl (C=O) groups is 1. The van der Waals surface area contributed by atoms with E-state index in [0.717, 1.165) is 55.1 Å². The highest BCUT2D eigenvalue weighted by Crippen LogP contribution is 2.55. The second-order valence-corrected chi connectivity index (χ2v) is 9.21. The van der Waals surface area contributed by atoms with Crippen LogP contribution in [-0.2, 0) is 16.1 Å². The average Bonchev–Trinajstić information content (AvgIpc) is 3.33. The van der Waals surface area contributed by atoms with Gasteiger partial charge in [0.1, 0.15) is 21.5 Å². The van der Waals surface area contributed by atoms with E-state index >= 15 is 0 Å². The van der Waals surface area contributed by atoms with E-state index in [1.165, 1.54) is 16.8 Å². The molecule has 3 aliphatic rings. The molecule has 4 nitrogen and oxygen atoms in total. The number of nitrogens with zero attached hydrogens (tertiary/aromatic N) is 3. The van der Waals surface area contributed by atoms with Crippen molar-refractivity contribution in [3.8, 4) is 0 Å². The van der Waals surface area contributed by atoms with Gasteiger partial charge in [-0.3, -0.25) is 9.79 Å². The molecule has 2 aromatic rings. The molecule has 7 heteroatoms. The molecule has 0 saturated heterocycles. The number of hydrogen-bond acceptors (Lipinski definition) is 4. The number of aryl methyl sites for hydroxylation is 1. The highest BCUT2D eigenvalue weighted by Gasteiger charge is 2.52. The molecule has 2 heterocycles. The Hall–Kier alpha value is -2.54. The van der Waals surface area contributed by atoms with Crippen LogP contribution in [0.2, 0.25) is 0 Å². The van der Waals surface area contributed by atoms with Crippen molar-refractivity contribution in [1.82, 2.24) is 5.01 Å². The summed E-state index contributed by atoms with van der Waals surface area (Å²) in [6.07, 6.45) is 5.58. The molecule has 30 heavy (non-hydrogen) atoms. The Kier molecular flexibility index (Phi) is 4.93. The largest absolute Gasteiger partial charge is 0.297 e. The number of hydrazone groups is 1. The molecule has 1 spiro atoms. The van der Waals surface area contributed by atoms with Crippen LogP contribution in [-0.4, -0.2) is 28.7 Å². The summed E-state index contributed by atoms with van der Waals surface area (Å²) in [6, 6.07) is 11.3.